The number of rotatable bonds is 3. The highest BCUT2D eigenvalue weighted by Crippen LogP contribution is 2.24. The number of nitrogens with two attached hydrogens (primary N) is 1. The van der Waals surface area contributed by atoms with Gasteiger partial charge in [-0.3, -0.25) is 4.90 Å². The van der Waals surface area contributed by atoms with Gasteiger partial charge in [-0.25, -0.2) is 0 Å². The minimum atomic E-state index is 0.288. The summed E-state index contributed by atoms with van der Waals surface area (Å²) in [5, 5.41) is 0. The standard InChI is InChI=1S/C12H22N2/c1-4-11(5-2)14-7-6-10(3)8-12(14)9-13/h1,10-12H,5-9,13H2,2-3H3. The summed E-state index contributed by atoms with van der Waals surface area (Å²) in [4.78, 5) is 2.42. The summed E-state index contributed by atoms with van der Waals surface area (Å²) in [5.74, 6) is 3.67. The van der Waals surface area contributed by atoms with Crippen molar-refractivity contribution in [2.75, 3.05) is 13.1 Å². The van der Waals surface area contributed by atoms with Crippen molar-refractivity contribution < 1.29 is 0 Å². The third-order valence-electron chi connectivity index (χ3n) is 3.28. The van der Waals surface area contributed by atoms with Gasteiger partial charge >= 0.3 is 0 Å². The molecule has 1 saturated heterocycles. The second-order valence-corrected chi connectivity index (χ2v) is 4.35. The van der Waals surface area contributed by atoms with E-state index in [-0.39, 0.29) is 6.04 Å². The summed E-state index contributed by atoms with van der Waals surface area (Å²) in [7, 11) is 0. The molecule has 2 nitrogen and oxygen atoms in total. The summed E-state index contributed by atoms with van der Waals surface area (Å²) >= 11 is 0. The van der Waals surface area contributed by atoms with Crippen LogP contribution in [0.1, 0.15) is 33.1 Å². The average Bonchev–Trinajstić information content (AvgIpc) is 2.21. The number of likely N-dealkylation sites (tertiary alicyclic amines) is 1. The average molecular weight is 194 g/mol. The largest absolute Gasteiger partial charge is 0.329 e. The predicted molar refractivity (Wildman–Crippen MR) is 60.9 cm³/mol. The van der Waals surface area contributed by atoms with Gasteiger partial charge < -0.3 is 5.73 Å². The van der Waals surface area contributed by atoms with Crippen molar-refractivity contribution in [1.29, 1.82) is 0 Å². The van der Waals surface area contributed by atoms with E-state index in [0.29, 0.717) is 6.04 Å². The molecule has 3 atom stereocenters. The van der Waals surface area contributed by atoms with Crippen molar-refractivity contribution in [3.8, 4) is 12.3 Å². The fourth-order valence-corrected chi connectivity index (χ4v) is 2.36. The van der Waals surface area contributed by atoms with Gasteiger partial charge in [-0.1, -0.05) is 19.8 Å². The maximum absolute atomic E-state index is 5.79. The fourth-order valence-electron chi connectivity index (χ4n) is 2.36. The van der Waals surface area contributed by atoms with Crippen LogP contribution in [0.5, 0.6) is 0 Å². The quantitative estimate of drug-likeness (QED) is 0.689. The highest BCUT2D eigenvalue weighted by atomic mass is 15.2. The van der Waals surface area contributed by atoms with Gasteiger partial charge in [0.2, 0.25) is 0 Å². The van der Waals surface area contributed by atoms with Crippen molar-refractivity contribution in [2.45, 2.75) is 45.2 Å². The molecule has 2 N–H and O–H groups in total. The summed E-state index contributed by atoms with van der Waals surface area (Å²) in [6, 6.07) is 0.788. The smallest absolute Gasteiger partial charge is 0.0712 e. The Hall–Kier alpha value is -0.520. The number of piperidine rings is 1. The van der Waals surface area contributed by atoms with Crippen LogP contribution in [0.3, 0.4) is 0 Å². The number of hydrogen-bond donors (Lipinski definition) is 1. The molecule has 1 aliphatic rings. The molecule has 0 aliphatic carbocycles. The van der Waals surface area contributed by atoms with E-state index in [1.165, 1.54) is 12.8 Å². The molecule has 1 aliphatic heterocycles. The number of nitrogens with zero attached hydrogens (tertiary/aromatic N) is 1. The van der Waals surface area contributed by atoms with Gasteiger partial charge in [-0.2, -0.15) is 0 Å². The third-order valence-corrected chi connectivity index (χ3v) is 3.28. The van der Waals surface area contributed by atoms with Crippen LogP contribution in [0.15, 0.2) is 0 Å². The van der Waals surface area contributed by atoms with Crippen molar-refractivity contribution in [2.24, 2.45) is 11.7 Å². The minimum Gasteiger partial charge on any atom is -0.329 e. The van der Waals surface area contributed by atoms with Gasteiger partial charge in [0.15, 0.2) is 0 Å². The first kappa shape index (κ1) is 11.6. The van der Waals surface area contributed by atoms with E-state index >= 15 is 0 Å². The van der Waals surface area contributed by atoms with E-state index < -0.39 is 0 Å². The molecule has 80 valence electrons. The van der Waals surface area contributed by atoms with E-state index in [2.05, 4.69) is 24.7 Å². The van der Waals surface area contributed by atoms with E-state index in [9.17, 15) is 0 Å². The van der Waals surface area contributed by atoms with Crippen LogP contribution in [0, 0.1) is 18.3 Å². The van der Waals surface area contributed by atoms with Crippen molar-refractivity contribution >= 4 is 0 Å². The van der Waals surface area contributed by atoms with Crippen LogP contribution in [-0.4, -0.2) is 30.1 Å². The van der Waals surface area contributed by atoms with Gasteiger partial charge in [0, 0.05) is 12.6 Å². The number of terminal acetylenes is 1. The minimum absolute atomic E-state index is 0.288. The van der Waals surface area contributed by atoms with Crippen molar-refractivity contribution in [3.63, 3.8) is 0 Å². The molecule has 0 amide bonds. The lowest BCUT2D eigenvalue weighted by Gasteiger charge is -2.40. The highest BCUT2D eigenvalue weighted by Gasteiger charge is 2.28. The summed E-state index contributed by atoms with van der Waals surface area (Å²) < 4.78 is 0. The van der Waals surface area contributed by atoms with Crippen LogP contribution in [-0.2, 0) is 0 Å². The molecule has 2 heteroatoms. The molecule has 0 saturated carbocycles. The van der Waals surface area contributed by atoms with E-state index in [0.717, 1.165) is 25.4 Å². The molecule has 0 spiro atoms. The molecule has 3 unspecified atom stereocenters. The van der Waals surface area contributed by atoms with E-state index in [4.69, 9.17) is 12.2 Å². The molecule has 1 rings (SSSR count). The first-order valence-electron chi connectivity index (χ1n) is 5.64. The Labute approximate surface area is 87.8 Å². The Morgan fingerprint density at radius 1 is 1.64 bits per heavy atom. The molecule has 0 aromatic carbocycles. The second kappa shape index (κ2) is 5.38. The molecule has 1 heterocycles. The lowest BCUT2D eigenvalue weighted by Crippen LogP contribution is -2.50. The van der Waals surface area contributed by atoms with Crippen LogP contribution >= 0.6 is 0 Å². The fraction of sp³-hybridized carbons (Fsp3) is 0.833. The Morgan fingerprint density at radius 2 is 2.36 bits per heavy atom. The van der Waals surface area contributed by atoms with Crippen LogP contribution in [0.2, 0.25) is 0 Å². The van der Waals surface area contributed by atoms with Crippen molar-refractivity contribution in [1.82, 2.24) is 4.90 Å². The molecule has 0 aromatic rings. The Morgan fingerprint density at radius 3 is 2.86 bits per heavy atom. The molecule has 0 bridgehead atoms. The van der Waals surface area contributed by atoms with Gasteiger partial charge in [0.1, 0.15) is 0 Å². The van der Waals surface area contributed by atoms with Crippen molar-refractivity contribution in [3.05, 3.63) is 0 Å². The Bertz CT molecular complexity index is 207. The molecule has 0 radical (unpaired) electrons. The van der Waals surface area contributed by atoms with Crippen LogP contribution in [0.25, 0.3) is 0 Å². The lowest BCUT2D eigenvalue weighted by molar-refractivity contribution is 0.0972. The zero-order valence-electron chi connectivity index (χ0n) is 9.37. The van der Waals surface area contributed by atoms with Gasteiger partial charge in [0.05, 0.1) is 6.04 Å². The van der Waals surface area contributed by atoms with Gasteiger partial charge in [-0.05, 0) is 31.7 Å². The molecule has 14 heavy (non-hydrogen) atoms. The van der Waals surface area contributed by atoms with E-state index in [1.807, 2.05) is 0 Å². The normalized spacial score (nSPS) is 31.0. The first-order valence-corrected chi connectivity index (χ1v) is 5.64. The summed E-state index contributed by atoms with van der Waals surface area (Å²) in [6.45, 7) is 6.31. The van der Waals surface area contributed by atoms with Gasteiger partial charge in [0.25, 0.3) is 0 Å². The molecular weight excluding hydrogens is 172 g/mol. The maximum Gasteiger partial charge on any atom is 0.0712 e. The van der Waals surface area contributed by atoms with Crippen LogP contribution < -0.4 is 5.73 Å². The molecule has 0 aromatic heterocycles. The number of hydrogen-bond acceptors (Lipinski definition) is 2. The third kappa shape index (κ3) is 2.50. The second-order valence-electron chi connectivity index (χ2n) is 4.35. The molecular formula is C12H22N2. The highest BCUT2D eigenvalue weighted by molar-refractivity contribution is 5.02. The topological polar surface area (TPSA) is 29.3 Å². The predicted octanol–water partition coefficient (Wildman–Crippen LogP) is 1.46. The summed E-state index contributed by atoms with van der Waals surface area (Å²) in [5.41, 5.74) is 5.79. The maximum atomic E-state index is 5.79. The zero-order chi connectivity index (χ0) is 10.6. The Kier molecular flexibility index (Phi) is 4.44. The lowest BCUT2D eigenvalue weighted by atomic mass is 9.91. The van der Waals surface area contributed by atoms with Crippen LogP contribution in [0.4, 0.5) is 0 Å². The van der Waals surface area contributed by atoms with E-state index in [1.54, 1.807) is 0 Å². The molecule has 1 fully saturated rings. The van der Waals surface area contributed by atoms with Gasteiger partial charge in [-0.15, -0.1) is 6.42 Å². The summed E-state index contributed by atoms with van der Waals surface area (Å²) in [6.07, 6.45) is 9.02. The SMILES string of the molecule is C#CC(CC)N1CCC(C)CC1CN. The first-order chi connectivity index (χ1) is 6.72. The monoisotopic (exact) mass is 194 g/mol. The zero-order valence-corrected chi connectivity index (χ0v) is 9.37. The Balaban J connectivity index is 2.62.